The molecule has 3 rings (SSSR count). The van der Waals surface area contributed by atoms with Crippen molar-refractivity contribution in [1.82, 2.24) is 14.8 Å². The number of nitrogens with one attached hydrogen (secondary N) is 1. The first-order valence-electron chi connectivity index (χ1n) is 6.36. The van der Waals surface area contributed by atoms with Crippen LogP contribution in [0.4, 0.5) is 0 Å². The second kappa shape index (κ2) is 3.96. The predicted octanol–water partition coefficient (Wildman–Crippen LogP) is 2.76. The summed E-state index contributed by atoms with van der Waals surface area (Å²) in [6, 6.07) is 12.5. The Bertz CT molecular complexity index is 728. The number of rotatable bonds is 2. The van der Waals surface area contributed by atoms with Crippen molar-refractivity contribution < 1.29 is 0 Å². The molecule has 1 aromatic carbocycles. The van der Waals surface area contributed by atoms with Crippen molar-refractivity contribution in [1.29, 1.82) is 0 Å². The monoisotopic (exact) mass is 254 g/mol. The fourth-order valence-electron chi connectivity index (χ4n) is 2.32. The van der Waals surface area contributed by atoms with E-state index >= 15 is 0 Å². The number of nitrogens with zero attached hydrogens (tertiary/aromatic N) is 2. The molecule has 2 heterocycles. The molecule has 0 aliphatic rings. The van der Waals surface area contributed by atoms with Crippen LogP contribution >= 0.6 is 0 Å². The number of aryl methyl sites for hydroxylation is 1. The highest BCUT2D eigenvalue weighted by Gasteiger charge is 2.19. The molecule has 98 valence electrons. The van der Waals surface area contributed by atoms with E-state index in [1.807, 2.05) is 32.0 Å². The van der Waals surface area contributed by atoms with Gasteiger partial charge in [0.25, 0.3) is 0 Å². The number of H-pyrrole nitrogens is 1. The molecule has 0 radical (unpaired) electrons. The summed E-state index contributed by atoms with van der Waals surface area (Å²) in [4.78, 5) is 0. The fourth-order valence-corrected chi connectivity index (χ4v) is 2.32. The number of nitrogens with two attached hydrogens (primary N) is 1. The van der Waals surface area contributed by atoms with Gasteiger partial charge in [-0.1, -0.05) is 18.2 Å². The van der Waals surface area contributed by atoms with Crippen LogP contribution in [0.2, 0.25) is 0 Å². The Morgan fingerprint density at radius 3 is 2.58 bits per heavy atom. The second-order valence-electron chi connectivity index (χ2n) is 5.54. The Hall–Kier alpha value is -2.07. The van der Waals surface area contributed by atoms with Crippen molar-refractivity contribution in [2.24, 2.45) is 12.8 Å². The van der Waals surface area contributed by atoms with Crippen LogP contribution in [0, 0.1) is 0 Å². The first kappa shape index (κ1) is 12.0. The van der Waals surface area contributed by atoms with Gasteiger partial charge in [-0.05, 0) is 32.0 Å². The molecule has 0 atom stereocenters. The number of para-hydroxylation sites is 1. The lowest BCUT2D eigenvalue weighted by Gasteiger charge is -2.14. The lowest BCUT2D eigenvalue weighted by molar-refractivity contribution is 0.533. The number of benzene rings is 1. The van der Waals surface area contributed by atoms with Crippen LogP contribution in [0.15, 0.2) is 36.4 Å². The van der Waals surface area contributed by atoms with E-state index in [1.54, 1.807) is 0 Å². The highest BCUT2D eigenvalue weighted by atomic mass is 15.1. The van der Waals surface area contributed by atoms with Crippen LogP contribution in [-0.2, 0) is 12.6 Å². The van der Waals surface area contributed by atoms with Crippen LogP contribution < -0.4 is 5.73 Å². The van der Waals surface area contributed by atoms with Crippen LogP contribution in [0.25, 0.3) is 22.3 Å². The molecule has 0 aliphatic carbocycles. The van der Waals surface area contributed by atoms with Crippen LogP contribution in [-0.4, -0.2) is 14.8 Å². The van der Waals surface area contributed by atoms with Crippen LogP contribution in [0.3, 0.4) is 0 Å². The zero-order chi connectivity index (χ0) is 13.6. The van der Waals surface area contributed by atoms with Gasteiger partial charge in [0.2, 0.25) is 0 Å². The standard InChI is InChI=1S/C15H18N4/c1-15(2,16)14-9-11(17-18-14)13-8-10-6-4-5-7-12(10)19(13)3/h4-9H,16H2,1-3H3,(H,17,18). The summed E-state index contributed by atoms with van der Waals surface area (Å²) in [7, 11) is 2.06. The summed E-state index contributed by atoms with van der Waals surface area (Å²) in [5.74, 6) is 0. The molecule has 0 saturated heterocycles. The lowest BCUT2D eigenvalue weighted by atomic mass is 10.0. The van der Waals surface area contributed by atoms with Gasteiger partial charge in [-0.3, -0.25) is 5.10 Å². The molecule has 0 bridgehead atoms. The van der Waals surface area contributed by atoms with Gasteiger partial charge >= 0.3 is 0 Å². The van der Waals surface area contributed by atoms with Gasteiger partial charge < -0.3 is 10.3 Å². The molecule has 19 heavy (non-hydrogen) atoms. The molecule has 3 N–H and O–H groups in total. The molecule has 0 fully saturated rings. The van der Waals surface area contributed by atoms with Gasteiger partial charge in [-0.25, -0.2) is 0 Å². The smallest absolute Gasteiger partial charge is 0.109 e. The molecular formula is C15H18N4. The Labute approximate surface area is 112 Å². The summed E-state index contributed by atoms with van der Waals surface area (Å²) >= 11 is 0. The second-order valence-corrected chi connectivity index (χ2v) is 5.54. The minimum atomic E-state index is -0.407. The average Bonchev–Trinajstić information content (AvgIpc) is 2.94. The van der Waals surface area contributed by atoms with E-state index in [0.29, 0.717) is 0 Å². The normalized spacial score (nSPS) is 12.2. The van der Waals surface area contributed by atoms with E-state index in [-0.39, 0.29) is 0 Å². The van der Waals surface area contributed by atoms with Gasteiger partial charge in [0.05, 0.1) is 16.9 Å². The molecule has 0 amide bonds. The van der Waals surface area contributed by atoms with Crippen molar-refractivity contribution in [3.05, 3.63) is 42.1 Å². The van der Waals surface area contributed by atoms with E-state index < -0.39 is 5.54 Å². The van der Waals surface area contributed by atoms with Gasteiger partial charge in [0, 0.05) is 18.0 Å². The van der Waals surface area contributed by atoms with E-state index in [0.717, 1.165) is 17.1 Å². The lowest BCUT2D eigenvalue weighted by Crippen LogP contribution is -2.29. The quantitative estimate of drug-likeness (QED) is 0.738. The topological polar surface area (TPSA) is 59.6 Å². The minimum absolute atomic E-state index is 0.407. The van der Waals surface area contributed by atoms with Crippen LogP contribution in [0.5, 0.6) is 0 Å². The van der Waals surface area contributed by atoms with Crippen molar-refractivity contribution in [2.45, 2.75) is 19.4 Å². The number of fused-ring (bicyclic) bond motifs is 1. The Kier molecular flexibility index (Phi) is 2.50. The number of hydrogen-bond acceptors (Lipinski definition) is 2. The molecule has 0 aliphatic heterocycles. The highest BCUT2D eigenvalue weighted by Crippen LogP contribution is 2.27. The highest BCUT2D eigenvalue weighted by molar-refractivity contribution is 5.86. The summed E-state index contributed by atoms with van der Waals surface area (Å²) < 4.78 is 2.15. The molecule has 3 aromatic rings. The first-order valence-corrected chi connectivity index (χ1v) is 6.36. The molecular weight excluding hydrogens is 236 g/mol. The first-order chi connectivity index (χ1) is 8.97. The molecule has 4 heteroatoms. The van der Waals surface area contributed by atoms with Crippen molar-refractivity contribution in [2.75, 3.05) is 0 Å². The third-order valence-electron chi connectivity index (χ3n) is 3.49. The molecule has 4 nitrogen and oxygen atoms in total. The molecule has 0 spiro atoms. The number of aromatic amines is 1. The largest absolute Gasteiger partial charge is 0.342 e. The molecule has 0 unspecified atom stereocenters. The Morgan fingerprint density at radius 1 is 1.21 bits per heavy atom. The molecule has 2 aromatic heterocycles. The van der Waals surface area contributed by atoms with Crippen molar-refractivity contribution >= 4 is 10.9 Å². The van der Waals surface area contributed by atoms with Crippen molar-refractivity contribution in [3.8, 4) is 11.4 Å². The van der Waals surface area contributed by atoms with Crippen molar-refractivity contribution in [3.63, 3.8) is 0 Å². The Balaban J connectivity index is 2.14. The van der Waals surface area contributed by atoms with E-state index in [1.165, 1.54) is 10.9 Å². The summed E-state index contributed by atoms with van der Waals surface area (Å²) in [5, 5.41) is 8.63. The number of aromatic nitrogens is 3. The van der Waals surface area contributed by atoms with Gasteiger partial charge in [0.15, 0.2) is 0 Å². The van der Waals surface area contributed by atoms with E-state index in [4.69, 9.17) is 5.73 Å². The summed E-state index contributed by atoms with van der Waals surface area (Å²) in [5.41, 5.74) is 9.83. The average molecular weight is 254 g/mol. The Morgan fingerprint density at radius 2 is 1.95 bits per heavy atom. The van der Waals surface area contributed by atoms with Gasteiger partial charge in [-0.15, -0.1) is 0 Å². The van der Waals surface area contributed by atoms with E-state index in [2.05, 4.69) is 40.0 Å². The third-order valence-corrected chi connectivity index (χ3v) is 3.49. The predicted molar refractivity (Wildman–Crippen MR) is 77.7 cm³/mol. The minimum Gasteiger partial charge on any atom is -0.342 e. The van der Waals surface area contributed by atoms with E-state index in [9.17, 15) is 0 Å². The zero-order valence-corrected chi connectivity index (χ0v) is 11.4. The maximum Gasteiger partial charge on any atom is 0.109 e. The van der Waals surface area contributed by atoms with Gasteiger partial charge in [0.1, 0.15) is 5.69 Å². The summed E-state index contributed by atoms with van der Waals surface area (Å²) in [6.45, 7) is 3.93. The van der Waals surface area contributed by atoms with Gasteiger partial charge in [-0.2, -0.15) is 5.10 Å². The maximum absolute atomic E-state index is 6.08. The maximum atomic E-state index is 6.08. The zero-order valence-electron chi connectivity index (χ0n) is 11.4. The SMILES string of the molecule is Cn1c(-c2cc(C(C)(C)N)[nH]n2)cc2ccccc21. The van der Waals surface area contributed by atoms with Crippen LogP contribution in [0.1, 0.15) is 19.5 Å². The number of hydrogen-bond donors (Lipinski definition) is 2. The fraction of sp³-hybridized carbons (Fsp3) is 0.267. The third kappa shape index (κ3) is 1.94. The summed E-state index contributed by atoms with van der Waals surface area (Å²) in [6.07, 6.45) is 0. The molecule has 0 saturated carbocycles.